The third kappa shape index (κ3) is 4.01. The molecule has 0 spiro atoms. The Labute approximate surface area is 175 Å². The van der Waals surface area contributed by atoms with Crippen molar-refractivity contribution in [2.75, 3.05) is 18.0 Å². The molecule has 1 aliphatic rings. The van der Waals surface area contributed by atoms with Crippen LogP contribution in [0.4, 0.5) is 5.69 Å². The van der Waals surface area contributed by atoms with Crippen molar-refractivity contribution in [1.29, 1.82) is 0 Å². The SMILES string of the molecule is CCc1ccccc1N1CC(C(=O)NCCc2c[nH]c3ccc(Cl)cc23)CC1=O. The minimum atomic E-state index is -0.315. The highest BCUT2D eigenvalue weighted by Gasteiger charge is 2.35. The average Bonchev–Trinajstić information content (AvgIpc) is 3.31. The van der Waals surface area contributed by atoms with E-state index in [-0.39, 0.29) is 24.2 Å². The molecule has 1 fully saturated rings. The molecule has 2 heterocycles. The predicted octanol–water partition coefficient (Wildman–Crippen LogP) is 4.10. The molecule has 6 heteroatoms. The second-order valence-electron chi connectivity index (χ2n) is 7.43. The number of nitrogens with one attached hydrogen (secondary N) is 2. The Balaban J connectivity index is 1.37. The number of rotatable bonds is 6. The summed E-state index contributed by atoms with van der Waals surface area (Å²) in [6.07, 6.45) is 3.77. The molecule has 150 valence electrons. The highest BCUT2D eigenvalue weighted by Crippen LogP contribution is 2.28. The summed E-state index contributed by atoms with van der Waals surface area (Å²) >= 11 is 6.10. The van der Waals surface area contributed by atoms with Gasteiger partial charge in [-0.05, 0) is 48.2 Å². The van der Waals surface area contributed by atoms with E-state index in [1.165, 1.54) is 0 Å². The summed E-state index contributed by atoms with van der Waals surface area (Å²) in [4.78, 5) is 30.2. The number of benzene rings is 2. The maximum atomic E-state index is 12.6. The Hall–Kier alpha value is -2.79. The summed E-state index contributed by atoms with van der Waals surface area (Å²) < 4.78 is 0. The van der Waals surface area contributed by atoms with Gasteiger partial charge in [0.2, 0.25) is 11.8 Å². The second kappa shape index (κ2) is 8.29. The summed E-state index contributed by atoms with van der Waals surface area (Å²) in [6.45, 7) is 3.03. The number of aryl methyl sites for hydroxylation is 1. The first kappa shape index (κ1) is 19.5. The number of aromatic nitrogens is 1. The quantitative estimate of drug-likeness (QED) is 0.643. The summed E-state index contributed by atoms with van der Waals surface area (Å²) in [5.74, 6) is -0.366. The number of aromatic amines is 1. The van der Waals surface area contributed by atoms with Gasteiger partial charge in [0.25, 0.3) is 0 Å². The first-order valence-corrected chi connectivity index (χ1v) is 10.4. The van der Waals surface area contributed by atoms with Crippen LogP contribution >= 0.6 is 11.6 Å². The third-order valence-corrected chi connectivity index (χ3v) is 5.82. The minimum absolute atomic E-state index is 0.0114. The number of anilines is 1. The molecule has 29 heavy (non-hydrogen) atoms. The van der Waals surface area contributed by atoms with Crippen molar-refractivity contribution < 1.29 is 9.59 Å². The molecule has 1 saturated heterocycles. The summed E-state index contributed by atoms with van der Waals surface area (Å²) in [7, 11) is 0. The standard InChI is InChI=1S/C23H24ClN3O2/c1-2-15-5-3-4-6-21(15)27-14-17(11-22(27)28)23(29)25-10-9-16-13-26-20-8-7-18(24)12-19(16)20/h3-8,12-13,17,26H,2,9-11,14H2,1H3,(H,25,29). The zero-order chi connectivity index (χ0) is 20.4. The molecule has 1 atom stereocenters. The molecule has 2 N–H and O–H groups in total. The molecule has 5 nitrogen and oxygen atoms in total. The topological polar surface area (TPSA) is 65.2 Å². The molecule has 0 saturated carbocycles. The number of carbonyl (C=O) groups is 2. The molecule has 2 amide bonds. The van der Waals surface area contributed by atoms with Gasteiger partial charge in [0, 0.05) is 47.3 Å². The van der Waals surface area contributed by atoms with Gasteiger partial charge in [-0.3, -0.25) is 9.59 Å². The highest BCUT2D eigenvalue weighted by molar-refractivity contribution is 6.31. The van der Waals surface area contributed by atoms with Crippen molar-refractivity contribution in [3.8, 4) is 0 Å². The van der Waals surface area contributed by atoms with Crippen LogP contribution in [0.2, 0.25) is 5.02 Å². The van der Waals surface area contributed by atoms with Gasteiger partial charge in [-0.2, -0.15) is 0 Å². The lowest BCUT2D eigenvalue weighted by atomic mass is 10.1. The van der Waals surface area contributed by atoms with Crippen LogP contribution in [0, 0.1) is 5.92 Å². The maximum absolute atomic E-state index is 12.6. The lowest BCUT2D eigenvalue weighted by Crippen LogP contribution is -2.34. The average molecular weight is 410 g/mol. The van der Waals surface area contributed by atoms with Crippen LogP contribution in [-0.2, 0) is 22.4 Å². The predicted molar refractivity (Wildman–Crippen MR) is 116 cm³/mol. The number of para-hydroxylation sites is 1. The molecule has 0 bridgehead atoms. The van der Waals surface area contributed by atoms with Crippen molar-refractivity contribution in [2.24, 2.45) is 5.92 Å². The molecular weight excluding hydrogens is 386 g/mol. The first-order valence-electron chi connectivity index (χ1n) is 9.98. The van der Waals surface area contributed by atoms with Crippen LogP contribution in [-0.4, -0.2) is 29.9 Å². The van der Waals surface area contributed by atoms with Crippen LogP contribution in [0.15, 0.2) is 48.7 Å². The van der Waals surface area contributed by atoms with E-state index >= 15 is 0 Å². The van der Waals surface area contributed by atoms with E-state index in [0.29, 0.717) is 24.5 Å². The van der Waals surface area contributed by atoms with Crippen molar-refractivity contribution in [2.45, 2.75) is 26.2 Å². The van der Waals surface area contributed by atoms with E-state index in [1.54, 1.807) is 4.90 Å². The number of carbonyl (C=O) groups excluding carboxylic acids is 2. The Morgan fingerprint density at radius 3 is 2.90 bits per heavy atom. The molecule has 0 aliphatic carbocycles. The van der Waals surface area contributed by atoms with Crippen molar-refractivity contribution >= 4 is 40.0 Å². The van der Waals surface area contributed by atoms with Crippen LogP contribution in [0.5, 0.6) is 0 Å². The minimum Gasteiger partial charge on any atom is -0.361 e. The fourth-order valence-corrected chi connectivity index (χ4v) is 4.18. The Bertz CT molecular complexity index is 1060. The number of halogens is 1. The molecular formula is C23H24ClN3O2. The number of H-pyrrole nitrogens is 1. The third-order valence-electron chi connectivity index (χ3n) is 5.58. The Morgan fingerprint density at radius 1 is 1.24 bits per heavy atom. The van der Waals surface area contributed by atoms with Crippen molar-refractivity contribution in [1.82, 2.24) is 10.3 Å². The largest absolute Gasteiger partial charge is 0.361 e. The van der Waals surface area contributed by atoms with Gasteiger partial charge in [0.15, 0.2) is 0 Å². The van der Waals surface area contributed by atoms with Gasteiger partial charge in [-0.1, -0.05) is 36.7 Å². The van der Waals surface area contributed by atoms with E-state index in [0.717, 1.165) is 34.1 Å². The number of hydrogen-bond donors (Lipinski definition) is 2. The van der Waals surface area contributed by atoms with Gasteiger partial charge in [-0.25, -0.2) is 0 Å². The summed E-state index contributed by atoms with van der Waals surface area (Å²) in [6, 6.07) is 13.6. The van der Waals surface area contributed by atoms with E-state index < -0.39 is 0 Å². The highest BCUT2D eigenvalue weighted by atomic mass is 35.5. The van der Waals surface area contributed by atoms with E-state index in [2.05, 4.69) is 17.2 Å². The Morgan fingerprint density at radius 2 is 2.07 bits per heavy atom. The normalized spacial score (nSPS) is 16.6. The molecule has 1 unspecified atom stereocenters. The van der Waals surface area contributed by atoms with Gasteiger partial charge >= 0.3 is 0 Å². The van der Waals surface area contributed by atoms with Crippen LogP contribution in [0.1, 0.15) is 24.5 Å². The number of amides is 2. The van der Waals surface area contributed by atoms with Gasteiger partial charge in [0.05, 0.1) is 5.92 Å². The van der Waals surface area contributed by atoms with Crippen molar-refractivity contribution in [3.05, 3.63) is 64.8 Å². The van der Waals surface area contributed by atoms with Crippen LogP contribution < -0.4 is 10.2 Å². The zero-order valence-corrected chi connectivity index (χ0v) is 17.1. The summed E-state index contributed by atoms with van der Waals surface area (Å²) in [5.41, 5.74) is 4.19. The monoisotopic (exact) mass is 409 g/mol. The van der Waals surface area contributed by atoms with Gasteiger partial charge in [-0.15, -0.1) is 0 Å². The van der Waals surface area contributed by atoms with E-state index in [4.69, 9.17) is 11.6 Å². The zero-order valence-electron chi connectivity index (χ0n) is 16.4. The van der Waals surface area contributed by atoms with Gasteiger partial charge < -0.3 is 15.2 Å². The number of hydrogen-bond acceptors (Lipinski definition) is 2. The molecule has 3 aromatic rings. The fourth-order valence-electron chi connectivity index (χ4n) is 4.01. The fraction of sp³-hybridized carbons (Fsp3) is 0.304. The molecule has 4 rings (SSSR count). The van der Waals surface area contributed by atoms with E-state index in [9.17, 15) is 9.59 Å². The molecule has 0 radical (unpaired) electrons. The number of nitrogens with zero attached hydrogens (tertiary/aromatic N) is 1. The number of fused-ring (bicyclic) bond motifs is 1. The molecule has 1 aromatic heterocycles. The smallest absolute Gasteiger partial charge is 0.227 e. The van der Waals surface area contributed by atoms with Crippen LogP contribution in [0.3, 0.4) is 0 Å². The lowest BCUT2D eigenvalue weighted by Gasteiger charge is -2.20. The molecule has 2 aromatic carbocycles. The van der Waals surface area contributed by atoms with Crippen molar-refractivity contribution in [3.63, 3.8) is 0 Å². The Kier molecular flexibility index (Phi) is 5.58. The first-order chi connectivity index (χ1) is 14.1. The maximum Gasteiger partial charge on any atom is 0.227 e. The lowest BCUT2D eigenvalue weighted by molar-refractivity contribution is -0.126. The van der Waals surface area contributed by atoms with Crippen LogP contribution in [0.25, 0.3) is 10.9 Å². The second-order valence-corrected chi connectivity index (χ2v) is 7.87. The van der Waals surface area contributed by atoms with Gasteiger partial charge in [0.1, 0.15) is 0 Å². The summed E-state index contributed by atoms with van der Waals surface area (Å²) in [5, 5.41) is 4.77. The van der Waals surface area contributed by atoms with E-state index in [1.807, 2.05) is 48.7 Å². The molecule has 1 aliphatic heterocycles.